The van der Waals surface area contributed by atoms with E-state index < -0.39 is 17.6 Å². The summed E-state index contributed by atoms with van der Waals surface area (Å²) in [6.45, 7) is 0.740. The number of alkyl halides is 3. The molecule has 3 aromatic rings. The largest absolute Gasteiger partial charge is 0.417 e. The van der Waals surface area contributed by atoms with Crippen LogP contribution in [0.3, 0.4) is 0 Å². The summed E-state index contributed by atoms with van der Waals surface area (Å²) in [7, 11) is 0. The third-order valence-electron chi connectivity index (χ3n) is 4.82. The first-order valence-electron chi connectivity index (χ1n) is 9.20. The van der Waals surface area contributed by atoms with Crippen LogP contribution in [-0.4, -0.2) is 52.9 Å². The third kappa shape index (κ3) is 4.09. The zero-order valence-corrected chi connectivity index (χ0v) is 16.5. The molecule has 0 aliphatic carbocycles. The van der Waals surface area contributed by atoms with E-state index >= 15 is 0 Å². The molecule has 1 aromatic heterocycles. The maximum absolute atomic E-state index is 13.2. The van der Waals surface area contributed by atoms with Gasteiger partial charge in [-0.1, -0.05) is 35.6 Å². The van der Waals surface area contributed by atoms with E-state index in [2.05, 4.69) is 10.3 Å². The Labute approximate surface area is 173 Å². The monoisotopic (exact) mass is 434 g/mol. The fraction of sp³-hybridized carbons (Fsp3) is 0.250. The molecule has 1 aliphatic heterocycles. The molecule has 1 aliphatic rings. The van der Waals surface area contributed by atoms with E-state index in [4.69, 9.17) is 0 Å². The van der Waals surface area contributed by atoms with Crippen LogP contribution in [-0.2, 0) is 6.18 Å². The Morgan fingerprint density at radius 2 is 1.57 bits per heavy atom. The number of urea groups is 1. The number of thiazole rings is 1. The van der Waals surface area contributed by atoms with Crippen molar-refractivity contribution in [3.8, 4) is 0 Å². The number of carbonyl (C=O) groups excluding carboxylic acids is 2. The van der Waals surface area contributed by atoms with Gasteiger partial charge in [0.05, 0.1) is 21.3 Å². The van der Waals surface area contributed by atoms with Crippen molar-refractivity contribution in [2.75, 3.05) is 31.5 Å². The van der Waals surface area contributed by atoms with Gasteiger partial charge in [0.2, 0.25) is 0 Å². The first-order valence-corrected chi connectivity index (χ1v) is 10.0. The number of hydrogen-bond donors (Lipinski definition) is 1. The second kappa shape index (κ2) is 7.94. The van der Waals surface area contributed by atoms with Crippen molar-refractivity contribution in [3.63, 3.8) is 0 Å². The Morgan fingerprint density at radius 3 is 2.27 bits per heavy atom. The smallest absolute Gasteiger partial charge is 0.335 e. The number of anilines is 1. The van der Waals surface area contributed by atoms with Crippen LogP contribution >= 0.6 is 11.3 Å². The Bertz CT molecular complexity index is 1060. The van der Waals surface area contributed by atoms with Gasteiger partial charge in [-0.3, -0.25) is 10.1 Å². The molecule has 1 saturated heterocycles. The van der Waals surface area contributed by atoms with E-state index in [0.29, 0.717) is 5.13 Å². The average molecular weight is 434 g/mol. The van der Waals surface area contributed by atoms with E-state index in [0.717, 1.165) is 16.3 Å². The van der Waals surface area contributed by atoms with Crippen LogP contribution in [0, 0.1) is 0 Å². The zero-order chi connectivity index (χ0) is 21.3. The minimum atomic E-state index is -4.61. The topological polar surface area (TPSA) is 65.5 Å². The Balaban J connectivity index is 1.39. The molecule has 156 valence electrons. The summed E-state index contributed by atoms with van der Waals surface area (Å²) in [6, 6.07) is 11.9. The van der Waals surface area contributed by atoms with E-state index in [1.54, 1.807) is 0 Å². The van der Waals surface area contributed by atoms with Gasteiger partial charge in [0.1, 0.15) is 0 Å². The number of nitrogens with one attached hydrogen (secondary N) is 1. The van der Waals surface area contributed by atoms with Crippen molar-refractivity contribution in [3.05, 3.63) is 59.7 Å². The molecule has 0 unspecified atom stereocenters. The van der Waals surface area contributed by atoms with Crippen molar-refractivity contribution in [1.82, 2.24) is 14.8 Å². The number of amides is 3. The number of piperazine rings is 1. The van der Waals surface area contributed by atoms with Crippen LogP contribution in [0.5, 0.6) is 0 Å². The molecule has 4 rings (SSSR count). The maximum Gasteiger partial charge on any atom is 0.417 e. The summed E-state index contributed by atoms with van der Waals surface area (Å²) in [4.78, 5) is 32.3. The Hall–Kier alpha value is -3.14. The summed E-state index contributed by atoms with van der Waals surface area (Å²) in [5, 5.41) is 3.22. The SMILES string of the molecule is O=C(Nc1nc2ccccc2s1)N1CCN(C(=O)c2ccccc2C(F)(F)F)CC1. The van der Waals surface area contributed by atoms with E-state index in [1.807, 2.05) is 24.3 Å². The van der Waals surface area contributed by atoms with Crippen molar-refractivity contribution < 1.29 is 22.8 Å². The van der Waals surface area contributed by atoms with Crippen LogP contribution in [0.2, 0.25) is 0 Å². The summed E-state index contributed by atoms with van der Waals surface area (Å²) in [6.07, 6.45) is -4.61. The first-order chi connectivity index (χ1) is 14.3. The summed E-state index contributed by atoms with van der Waals surface area (Å²) < 4.78 is 40.5. The molecular formula is C20H17F3N4O2S. The number of nitrogens with zero attached hydrogens (tertiary/aromatic N) is 3. The predicted molar refractivity (Wildman–Crippen MR) is 108 cm³/mol. The highest BCUT2D eigenvalue weighted by Gasteiger charge is 2.36. The number of para-hydroxylation sites is 1. The molecule has 0 bridgehead atoms. The lowest BCUT2D eigenvalue weighted by molar-refractivity contribution is -0.138. The lowest BCUT2D eigenvalue weighted by Gasteiger charge is -2.34. The van der Waals surface area contributed by atoms with Crippen LogP contribution in [0.25, 0.3) is 10.2 Å². The molecule has 2 heterocycles. The summed E-state index contributed by atoms with van der Waals surface area (Å²) in [5.74, 6) is -0.686. The maximum atomic E-state index is 13.2. The molecule has 30 heavy (non-hydrogen) atoms. The molecule has 6 nitrogen and oxygen atoms in total. The van der Waals surface area contributed by atoms with Crippen molar-refractivity contribution in [1.29, 1.82) is 0 Å². The lowest BCUT2D eigenvalue weighted by atomic mass is 10.1. The quantitative estimate of drug-likeness (QED) is 0.654. The van der Waals surface area contributed by atoms with E-state index in [1.165, 1.54) is 39.3 Å². The molecule has 0 saturated carbocycles. The number of fused-ring (bicyclic) bond motifs is 1. The minimum absolute atomic E-state index is 0.151. The van der Waals surface area contributed by atoms with Gasteiger partial charge in [0.15, 0.2) is 5.13 Å². The highest BCUT2D eigenvalue weighted by atomic mass is 32.1. The van der Waals surface area contributed by atoms with Crippen LogP contribution in [0.4, 0.5) is 23.1 Å². The zero-order valence-electron chi connectivity index (χ0n) is 15.6. The highest BCUT2D eigenvalue weighted by Crippen LogP contribution is 2.32. The van der Waals surface area contributed by atoms with E-state index in [-0.39, 0.29) is 37.8 Å². The van der Waals surface area contributed by atoms with Gasteiger partial charge in [0, 0.05) is 26.2 Å². The van der Waals surface area contributed by atoms with Crippen molar-refractivity contribution in [2.24, 2.45) is 0 Å². The van der Waals surface area contributed by atoms with Gasteiger partial charge in [-0.05, 0) is 24.3 Å². The van der Waals surface area contributed by atoms with Gasteiger partial charge in [-0.15, -0.1) is 0 Å². The molecule has 1 fully saturated rings. The molecule has 0 radical (unpaired) electrons. The molecule has 0 spiro atoms. The van der Waals surface area contributed by atoms with E-state index in [9.17, 15) is 22.8 Å². The van der Waals surface area contributed by atoms with Gasteiger partial charge < -0.3 is 9.80 Å². The fourth-order valence-corrected chi connectivity index (χ4v) is 4.15. The standard InChI is InChI=1S/C20H17F3N4O2S/c21-20(22,23)14-6-2-1-5-13(14)17(28)26-9-11-27(12-10-26)19(29)25-18-24-15-7-3-4-8-16(15)30-18/h1-8H,9-12H2,(H,24,25,29). The van der Waals surface area contributed by atoms with Crippen molar-refractivity contribution in [2.45, 2.75) is 6.18 Å². The Morgan fingerprint density at radius 1 is 0.933 bits per heavy atom. The molecule has 2 aromatic carbocycles. The summed E-state index contributed by atoms with van der Waals surface area (Å²) >= 11 is 1.36. The molecule has 10 heteroatoms. The van der Waals surface area contributed by atoms with Gasteiger partial charge >= 0.3 is 12.2 Å². The average Bonchev–Trinajstić information content (AvgIpc) is 3.15. The highest BCUT2D eigenvalue weighted by molar-refractivity contribution is 7.22. The number of benzene rings is 2. The number of carbonyl (C=O) groups is 2. The van der Waals surface area contributed by atoms with Crippen molar-refractivity contribution >= 4 is 38.6 Å². The Kier molecular flexibility index (Phi) is 5.33. The predicted octanol–water partition coefficient (Wildman–Crippen LogP) is 4.31. The normalized spacial score (nSPS) is 14.8. The lowest BCUT2D eigenvalue weighted by Crippen LogP contribution is -2.51. The molecule has 1 N–H and O–H groups in total. The minimum Gasteiger partial charge on any atom is -0.335 e. The second-order valence-electron chi connectivity index (χ2n) is 6.74. The molecule has 0 atom stereocenters. The second-order valence-corrected chi connectivity index (χ2v) is 7.77. The van der Waals surface area contributed by atoms with Crippen LogP contribution in [0.15, 0.2) is 48.5 Å². The number of halogens is 3. The number of rotatable bonds is 2. The van der Waals surface area contributed by atoms with Crippen LogP contribution in [0.1, 0.15) is 15.9 Å². The fourth-order valence-electron chi connectivity index (χ4n) is 3.30. The summed E-state index contributed by atoms with van der Waals surface area (Å²) in [5.41, 5.74) is -0.542. The van der Waals surface area contributed by atoms with Gasteiger partial charge in [0.25, 0.3) is 5.91 Å². The van der Waals surface area contributed by atoms with Gasteiger partial charge in [-0.25, -0.2) is 9.78 Å². The number of aromatic nitrogens is 1. The first kappa shape index (κ1) is 20.1. The van der Waals surface area contributed by atoms with Gasteiger partial charge in [-0.2, -0.15) is 13.2 Å². The molecule has 3 amide bonds. The molecular weight excluding hydrogens is 417 g/mol. The van der Waals surface area contributed by atoms with Crippen LogP contribution < -0.4 is 5.32 Å². The third-order valence-corrected chi connectivity index (χ3v) is 5.78. The number of hydrogen-bond acceptors (Lipinski definition) is 4.